The largest absolute Gasteiger partial charge is 0.453 e. The second-order valence-corrected chi connectivity index (χ2v) is 17.9. The number of carbonyl (C=O) groups is 4. The van der Waals surface area contributed by atoms with Crippen molar-refractivity contribution in [3.05, 3.63) is 71.2 Å². The molecule has 0 radical (unpaired) electrons. The molecule has 6 heterocycles. The number of carbonyl (C=O) groups excluding carboxylic acids is 4. The van der Waals surface area contributed by atoms with Crippen LogP contribution < -0.4 is 10.6 Å². The van der Waals surface area contributed by atoms with Gasteiger partial charge in [0.15, 0.2) is 0 Å². The molecule has 0 aliphatic carbocycles. The predicted octanol–water partition coefficient (Wildman–Crippen LogP) is 8.65. The van der Waals surface area contributed by atoms with Gasteiger partial charge in [0.2, 0.25) is 11.8 Å². The predicted molar refractivity (Wildman–Crippen MR) is 234 cm³/mol. The van der Waals surface area contributed by atoms with Crippen LogP contribution in [0, 0.1) is 11.8 Å². The maximum atomic E-state index is 13.7. The minimum atomic E-state index is -0.701. The molecule has 2 fully saturated rings. The van der Waals surface area contributed by atoms with Crippen LogP contribution >= 0.6 is 22.7 Å². The Balaban J connectivity index is 1.05. The fourth-order valence-corrected chi connectivity index (χ4v) is 10.6. The molecule has 8 rings (SSSR count). The highest BCUT2D eigenvalue weighted by atomic mass is 32.1. The molecule has 0 unspecified atom stereocenters. The zero-order chi connectivity index (χ0) is 42.2. The van der Waals surface area contributed by atoms with Crippen molar-refractivity contribution >= 4 is 66.8 Å². The summed E-state index contributed by atoms with van der Waals surface area (Å²) in [6.45, 7) is 8.81. The Labute approximate surface area is 356 Å². The molecule has 6 aromatic rings. The van der Waals surface area contributed by atoms with Crippen LogP contribution in [0.15, 0.2) is 59.6 Å². The van der Waals surface area contributed by atoms with Gasteiger partial charge in [0.1, 0.15) is 23.7 Å². The lowest BCUT2D eigenvalue weighted by molar-refractivity contribution is -0.136. The number of imidazole rings is 2. The number of alkyl carbamates (subject to hydrolysis) is 2. The standard InChI is InChI=1S/C44H50N8O6S2/c1-23(2)35(49-43(55)57-5)41(53)51-17-7-9-33(51)39-45-21-31(47-39)25-11-13-27(37-29(25)15-19-59-37)28-14-12-26(30-16-20-60-38(28)30)32-22-46-40(48-32)34-10-8-18-52(34)42(54)36(24(3)4)50-44(56)58-6/h11-16,19-24,33-36H,7-10,17-18H2,1-6H3,(H,45,47)(H,46,48)(H,49,55)(H,50,56)/t33-,34-,35-,36-/m0/s1. The Hall–Kier alpha value is -5.74. The van der Waals surface area contributed by atoms with E-state index in [2.05, 4.69) is 67.8 Å². The van der Waals surface area contributed by atoms with Gasteiger partial charge in [-0.15, -0.1) is 22.7 Å². The van der Waals surface area contributed by atoms with Crippen LogP contribution in [0.5, 0.6) is 0 Å². The number of aromatic nitrogens is 4. The molecule has 0 spiro atoms. The van der Waals surface area contributed by atoms with Crippen molar-refractivity contribution in [2.75, 3.05) is 27.3 Å². The second-order valence-electron chi connectivity index (χ2n) is 16.1. The average molecular weight is 851 g/mol. The maximum Gasteiger partial charge on any atom is 0.407 e. The minimum absolute atomic E-state index is 0.116. The van der Waals surface area contributed by atoms with E-state index in [1.165, 1.54) is 14.2 Å². The molecule has 4 aromatic heterocycles. The van der Waals surface area contributed by atoms with Crippen molar-refractivity contribution in [1.82, 2.24) is 40.4 Å². The number of amides is 4. The first-order valence-corrected chi connectivity index (χ1v) is 22.2. The van der Waals surface area contributed by atoms with Crippen LogP contribution in [-0.2, 0) is 19.1 Å². The molecule has 60 heavy (non-hydrogen) atoms. The zero-order valence-corrected chi connectivity index (χ0v) is 36.2. The van der Waals surface area contributed by atoms with Crippen LogP contribution in [0.3, 0.4) is 0 Å². The number of hydrogen-bond donors (Lipinski definition) is 4. The average Bonchev–Trinajstić information content (AvgIpc) is 4.10. The Bertz CT molecular complexity index is 2380. The molecule has 4 atom stereocenters. The van der Waals surface area contributed by atoms with Crippen LogP contribution in [0.2, 0.25) is 0 Å². The Kier molecular flexibility index (Phi) is 11.7. The van der Waals surface area contributed by atoms with E-state index >= 15 is 0 Å². The molecule has 0 bridgehead atoms. The molecule has 4 N–H and O–H groups in total. The minimum Gasteiger partial charge on any atom is -0.453 e. The van der Waals surface area contributed by atoms with Crippen molar-refractivity contribution in [3.8, 4) is 33.6 Å². The van der Waals surface area contributed by atoms with Gasteiger partial charge >= 0.3 is 12.2 Å². The van der Waals surface area contributed by atoms with Crippen LogP contribution in [0.25, 0.3) is 53.8 Å². The van der Waals surface area contributed by atoms with E-state index in [1.807, 2.05) is 49.9 Å². The number of fused-ring (bicyclic) bond motifs is 2. The summed E-state index contributed by atoms with van der Waals surface area (Å²) < 4.78 is 11.9. The van der Waals surface area contributed by atoms with E-state index < -0.39 is 24.3 Å². The number of likely N-dealkylation sites (tertiary alicyclic amines) is 2. The van der Waals surface area contributed by atoms with E-state index in [0.29, 0.717) is 13.1 Å². The van der Waals surface area contributed by atoms with E-state index in [1.54, 1.807) is 22.7 Å². The van der Waals surface area contributed by atoms with E-state index in [-0.39, 0.29) is 35.7 Å². The van der Waals surface area contributed by atoms with Gasteiger partial charge < -0.3 is 39.9 Å². The number of hydrogen-bond acceptors (Lipinski definition) is 10. The third-order valence-corrected chi connectivity index (χ3v) is 13.7. The number of rotatable bonds is 11. The molecule has 14 nitrogen and oxygen atoms in total. The van der Waals surface area contributed by atoms with Gasteiger partial charge in [0, 0.05) is 55.5 Å². The summed E-state index contributed by atoms with van der Waals surface area (Å²) >= 11 is 3.40. The summed E-state index contributed by atoms with van der Waals surface area (Å²) in [6.07, 6.45) is 5.67. The second kappa shape index (κ2) is 17.1. The molecule has 2 aromatic carbocycles. The van der Waals surface area contributed by atoms with Gasteiger partial charge in [-0.3, -0.25) is 9.59 Å². The first kappa shape index (κ1) is 41.0. The molecule has 2 aliphatic rings. The molecular weight excluding hydrogens is 801 g/mol. The Morgan fingerprint density at radius 2 is 1.05 bits per heavy atom. The van der Waals surface area contributed by atoms with Gasteiger partial charge in [0.25, 0.3) is 0 Å². The molecule has 314 valence electrons. The van der Waals surface area contributed by atoms with Crippen molar-refractivity contribution in [3.63, 3.8) is 0 Å². The van der Waals surface area contributed by atoms with Crippen LogP contribution in [0.4, 0.5) is 9.59 Å². The highest BCUT2D eigenvalue weighted by Crippen LogP contribution is 2.45. The zero-order valence-electron chi connectivity index (χ0n) is 34.5. The summed E-state index contributed by atoms with van der Waals surface area (Å²) in [5.41, 5.74) is 6.08. The Morgan fingerprint density at radius 1 is 0.650 bits per heavy atom. The Morgan fingerprint density at radius 3 is 1.43 bits per heavy atom. The van der Waals surface area contributed by atoms with E-state index in [0.717, 1.165) is 91.1 Å². The van der Waals surface area contributed by atoms with Gasteiger partial charge in [-0.2, -0.15) is 0 Å². The van der Waals surface area contributed by atoms with Gasteiger partial charge in [-0.1, -0.05) is 52.0 Å². The number of thiophene rings is 2. The number of nitrogens with zero attached hydrogens (tertiary/aromatic N) is 4. The van der Waals surface area contributed by atoms with Crippen molar-refractivity contribution < 1.29 is 28.7 Å². The summed E-state index contributed by atoms with van der Waals surface area (Å²) in [5.74, 6) is 0.939. The topological polar surface area (TPSA) is 175 Å². The third-order valence-electron chi connectivity index (χ3n) is 11.8. The highest BCUT2D eigenvalue weighted by molar-refractivity contribution is 7.19. The number of nitrogens with one attached hydrogen (secondary N) is 4. The first-order valence-electron chi connectivity index (χ1n) is 20.4. The molecule has 4 amide bonds. The third kappa shape index (κ3) is 7.62. The molecule has 0 saturated carbocycles. The number of aromatic amines is 2. The van der Waals surface area contributed by atoms with Crippen molar-refractivity contribution in [2.45, 2.75) is 77.5 Å². The molecular formula is C44H50N8O6S2. The fraction of sp³-hybridized carbons (Fsp3) is 0.409. The lowest BCUT2D eigenvalue weighted by Crippen LogP contribution is -2.51. The fourth-order valence-electron chi connectivity index (χ4n) is 8.69. The smallest absolute Gasteiger partial charge is 0.407 e. The number of H-pyrrole nitrogens is 2. The number of ether oxygens (including phenoxy) is 2. The number of methoxy groups -OCH3 is 2. The highest BCUT2D eigenvalue weighted by Gasteiger charge is 2.39. The molecule has 2 saturated heterocycles. The number of benzene rings is 2. The first-order chi connectivity index (χ1) is 29.0. The summed E-state index contributed by atoms with van der Waals surface area (Å²) in [5, 5.41) is 11.9. The molecule has 16 heteroatoms. The van der Waals surface area contributed by atoms with Crippen molar-refractivity contribution in [2.24, 2.45) is 11.8 Å². The van der Waals surface area contributed by atoms with E-state index in [9.17, 15) is 19.2 Å². The van der Waals surface area contributed by atoms with Gasteiger partial charge in [-0.05, 0) is 60.4 Å². The van der Waals surface area contributed by atoms with Crippen LogP contribution in [0.1, 0.15) is 77.1 Å². The lowest BCUT2D eigenvalue weighted by Gasteiger charge is -2.30. The lowest BCUT2D eigenvalue weighted by atomic mass is 9.96. The SMILES string of the molecule is COC(=O)N[C@H](C(=O)N1CCC[C@H]1c1ncc(-c2ccc(-c3ccc(-c4cnc([C@@H]5CCCN5C(=O)[C@@H](NC(=O)OC)C(C)C)[nH]4)c4ccsc34)c3sccc23)[nH]1)C(C)C. The van der Waals surface area contributed by atoms with Gasteiger partial charge in [0.05, 0.1) is 50.1 Å². The normalized spacial score (nSPS) is 17.8. The van der Waals surface area contributed by atoms with Crippen molar-refractivity contribution in [1.29, 1.82) is 0 Å². The van der Waals surface area contributed by atoms with Crippen LogP contribution in [-0.4, -0.2) is 93.1 Å². The van der Waals surface area contributed by atoms with Gasteiger partial charge in [-0.25, -0.2) is 19.6 Å². The monoisotopic (exact) mass is 850 g/mol. The summed E-state index contributed by atoms with van der Waals surface area (Å²) in [7, 11) is 2.59. The quantitative estimate of drug-likeness (QED) is 0.100. The summed E-state index contributed by atoms with van der Waals surface area (Å²) in [4.78, 5) is 72.0. The molecule has 2 aliphatic heterocycles. The maximum absolute atomic E-state index is 13.7. The van der Waals surface area contributed by atoms with E-state index in [4.69, 9.17) is 19.4 Å². The summed E-state index contributed by atoms with van der Waals surface area (Å²) in [6, 6.07) is 11.1.